The van der Waals surface area contributed by atoms with E-state index in [1.165, 1.54) is 32.1 Å². The Labute approximate surface area is 67.2 Å². The molecule has 3 fully saturated rings. The highest BCUT2D eigenvalue weighted by molar-refractivity contribution is 5.87. The summed E-state index contributed by atoms with van der Waals surface area (Å²) in [7, 11) is 0. The zero-order valence-electron chi connectivity index (χ0n) is 6.75. The van der Waals surface area contributed by atoms with Crippen LogP contribution in [0.25, 0.3) is 0 Å². The van der Waals surface area contributed by atoms with Gasteiger partial charge < -0.3 is 0 Å². The van der Waals surface area contributed by atoms with Crippen LogP contribution in [0, 0.1) is 23.7 Å². The summed E-state index contributed by atoms with van der Waals surface area (Å²) in [5, 5.41) is 0. The summed E-state index contributed by atoms with van der Waals surface area (Å²) >= 11 is 0. The van der Waals surface area contributed by atoms with Crippen molar-refractivity contribution in [3.8, 4) is 0 Å². The van der Waals surface area contributed by atoms with E-state index in [2.05, 4.69) is 0 Å². The van der Waals surface area contributed by atoms with Crippen LogP contribution in [-0.2, 0) is 4.79 Å². The minimum absolute atomic E-state index is 0.513. The first kappa shape index (κ1) is 6.22. The Bertz CT molecular complexity index is 189. The van der Waals surface area contributed by atoms with Gasteiger partial charge in [0.25, 0.3) is 0 Å². The minimum Gasteiger partial charge on any atom is -0.299 e. The van der Waals surface area contributed by atoms with Crippen LogP contribution >= 0.6 is 0 Å². The molecule has 60 valence electrons. The van der Waals surface area contributed by atoms with Crippen LogP contribution in [0.15, 0.2) is 0 Å². The monoisotopic (exact) mass is 150 g/mol. The molecule has 11 heavy (non-hydrogen) atoms. The molecule has 1 heteroatoms. The first-order valence-corrected chi connectivity index (χ1v) is 4.90. The predicted octanol–water partition coefficient (Wildman–Crippen LogP) is 2.01. The highest BCUT2D eigenvalue weighted by atomic mass is 16.1. The maximum Gasteiger partial charge on any atom is 0.139 e. The first-order chi connectivity index (χ1) is 5.36. The molecule has 0 aromatic carbocycles. The lowest BCUT2D eigenvalue weighted by Crippen LogP contribution is -2.28. The Morgan fingerprint density at radius 2 is 1.45 bits per heavy atom. The summed E-state index contributed by atoms with van der Waals surface area (Å²) in [4.78, 5) is 11.6. The van der Waals surface area contributed by atoms with Gasteiger partial charge in [0, 0.05) is 11.8 Å². The Morgan fingerprint density at radius 1 is 0.909 bits per heavy atom. The quantitative estimate of drug-likeness (QED) is 0.516. The van der Waals surface area contributed by atoms with Crippen LogP contribution in [0.5, 0.6) is 0 Å². The summed E-state index contributed by atoms with van der Waals surface area (Å²) in [5.74, 6) is 3.29. The van der Waals surface area contributed by atoms with Gasteiger partial charge in [-0.05, 0) is 43.9 Å². The smallest absolute Gasteiger partial charge is 0.139 e. The summed E-state index contributed by atoms with van der Waals surface area (Å²) in [5.41, 5.74) is 0. The van der Waals surface area contributed by atoms with Crippen LogP contribution < -0.4 is 0 Å². The molecule has 0 N–H and O–H groups in total. The lowest BCUT2D eigenvalue weighted by atomic mass is 9.79. The molecule has 0 aromatic heterocycles. The van der Waals surface area contributed by atoms with E-state index >= 15 is 0 Å². The van der Waals surface area contributed by atoms with Gasteiger partial charge in [-0.3, -0.25) is 4.79 Å². The number of hydrogen-bond acceptors (Lipinski definition) is 1. The first-order valence-electron chi connectivity index (χ1n) is 4.90. The molecule has 0 radical (unpaired) electrons. The molecule has 0 aromatic rings. The topological polar surface area (TPSA) is 17.1 Å². The van der Waals surface area contributed by atoms with Crippen molar-refractivity contribution >= 4 is 5.78 Å². The van der Waals surface area contributed by atoms with Crippen molar-refractivity contribution in [1.29, 1.82) is 0 Å². The normalized spacial score (nSPS) is 53.6. The fraction of sp³-hybridized carbons (Fsp3) is 0.900. The fourth-order valence-electron chi connectivity index (χ4n) is 3.64. The van der Waals surface area contributed by atoms with Gasteiger partial charge >= 0.3 is 0 Å². The van der Waals surface area contributed by atoms with Gasteiger partial charge in [0.15, 0.2) is 0 Å². The van der Waals surface area contributed by atoms with Crippen LogP contribution in [0.2, 0.25) is 0 Å². The summed E-state index contributed by atoms with van der Waals surface area (Å²) in [6.07, 6.45) is 6.56. The predicted molar refractivity (Wildman–Crippen MR) is 42.1 cm³/mol. The third-order valence-corrected chi connectivity index (χ3v) is 4.17. The van der Waals surface area contributed by atoms with Gasteiger partial charge in [0.1, 0.15) is 5.78 Å². The lowest BCUT2D eigenvalue weighted by Gasteiger charge is -2.24. The van der Waals surface area contributed by atoms with Crippen molar-refractivity contribution in [3.63, 3.8) is 0 Å². The molecule has 0 unspecified atom stereocenters. The average Bonchev–Trinajstić information content (AvgIpc) is 2.42. The molecule has 1 nitrogen and oxygen atoms in total. The molecular weight excluding hydrogens is 136 g/mol. The Hall–Kier alpha value is -0.330. The number of fused-ring (bicyclic) bond motifs is 6. The molecule has 3 rings (SSSR count). The lowest BCUT2D eigenvalue weighted by molar-refractivity contribution is -0.128. The maximum atomic E-state index is 11.6. The fourth-order valence-corrected chi connectivity index (χ4v) is 3.64. The average molecular weight is 150 g/mol. The zero-order chi connectivity index (χ0) is 7.42. The molecule has 0 heterocycles. The summed E-state index contributed by atoms with van der Waals surface area (Å²) in [6.45, 7) is 0. The number of rotatable bonds is 0. The van der Waals surface area contributed by atoms with E-state index in [1.54, 1.807) is 0 Å². The zero-order valence-corrected chi connectivity index (χ0v) is 6.75. The van der Waals surface area contributed by atoms with Crippen molar-refractivity contribution in [2.24, 2.45) is 23.7 Å². The van der Waals surface area contributed by atoms with E-state index < -0.39 is 0 Å². The van der Waals surface area contributed by atoms with Gasteiger partial charge in [0.05, 0.1) is 0 Å². The third kappa shape index (κ3) is 0.646. The van der Waals surface area contributed by atoms with Crippen molar-refractivity contribution in [2.75, 3.05) is 0 Å². The summed E-state index contributed by atoms with van der Waals surface area (Å²) in [6, 6.07) is 0. The van der Waals surface area contributed by atoms with Gasteiger partial charge in [-0.15, -0.1) is 0 Å². The van der Waals surface area contributed by atoms with Crippen LogP contribution in [-0.4, -0.2) is 5.78 Å². The van der Waals surface area contributed by atoms with Crippen LogP contribution in [0.4, 0.5) is 0 Å². The third-order valence-electron chi connectivity index (χ3n) is 4.17. The Kier molecular flexibility index (Phi) is 1.06. The van der Waals surface area contributed by atoms with Gasteiger partial charge in [-0.1, -0.05) is 0 Å². The number of carbonyl (C=O) groups excluding carboxylic acids is 1. The number of hydrogen-bond donors (Lipinski definition) is 0. The number of Topliss-reactive ketones (excluding diaryl/α,β-unsaturated/α-hetero) is 1. The molecule has 0 spiro atoms. The Balaban J connectivity index is 2.03. The second-order valence-electron chi connectivity index (χ2n) is 4.53. The minimum atomic E-state index is 0.513. The second-order valence-corrected chi connectivity index (χ2v) is 4.53. The summed E-state index contributed by atoms with van der Waals surface area (Å²) < 4.78 is 0. The highest BCUT2D eigenvalue weighted by Crippen LogP contribution is 2.53. The SMILES string of the molecule is O=C1[C@H]2CC[C@@H]1[C@@H]1CC[C@H]2C1. The van der Waals surface area contributed by atoms with E-state index in [-0.39, 0.29) is 0 Å². The van der Waals surface area contributed by atoms with Gasteiger partial charge in [-0.2, -0.15) is 0 Å². The van der Waals surface area contributed by atoms with E-state index in [0.717, 1.165) is 11.8 Å². The second kappa shape index (κ2) is 1.88. The van der Waals surface area contributed by atoms with Crippen molar-refractivity contribution in [2.45, 2.75) is 32.1 Å². The van der Waals surface area contributed by atoms with E-state index in [9.17, 15) is 4.79 Å². The van der Waals surface area contributed by atoms with Crippen molar-refractivity contribution in [3.05, 3.63) is 0 Å². The molecule has 3 saturated carbocycles. The van der Waals surface area contributed by atoms with Gasteiger partial charge in [-0.25, -0.2) is 0 Å². The number of carbonyl (C=O) groups is 1. The maximum absolute atomic E-state index is 11.6. The standard InChI is InChI=1S/C10H14O/c11-10-8-3-4-9(10)7-2-1-6(8)5-7/h6-9H,1-5H2/t6-,7+,8-,9+. The van der Waals surface area contributed by atoms with Gasteiger partial charge in [0.2, 0.25) is 0 Å². The van der Waals surface area contributed by atoms with E-state index in [1.807, 2.05) is 0 Å². The molecule has 4 atom stereocenters. The molecule has 3 aliphatic carbocycles. The molecular formula is C10H14O. The molecule has 4 bridgehead atoms. The molecule has 0 amide bonds. The van der Waals surface area contributed by atoms with Crippen molar-refractivity contribution in [1.82, 2.24) is 0 Å². The number of ketones is 1. The van der Waals surface area contributed by atoms with Crippen LogP contribution in [0.3, 0.4) is 0 Å². The Morgan fingerprint density at radius 3 is 2.00 bits per heavy atom. The molecule has 3 aliphatic rings. The van der Waals surface area contributed by atoms with E-state index in [4.69, 9.17) is 0 Å². The van der Waals surface area contributed by atoms with E-state index in [0.29, 0.717) is 17.6 Å². The van der Waals surface area contributed by atoms with Crippen LogP contribution in [0.1, 0.15) is 32.1 Å². The van der Waals surface area contributed by atoms with Crippen molar-refractivity contribution < 1.29 is 4.79 Å². The molecule has 0 aliphatic heterocycles. The largest absolute Gasteiger partial charge is 0.299 e. The highest BCUT2D eigenvalue weighted by Gasteiger charge is 2.50. The molecule has 0 saturated heterocycles.